The number of pyridine rings is 1. The molecule has 6 rings (SSSR count). The zero-order valence-electron chi connectivity index (χ0n) is 29.1. The number of thioether (sulfide) groups is 1. The number of hydrogen-bond acceptors (Lipinski definition) is 8. The van der Waals surface area contributed by atoms with Crippen molar-refractivity contribution >= 4 is 27.7 Å². The fraction of sp³-hybridized carbons (Fsp3) is 0.268. The van der Waals surface area contributed by atoms with Gasteiger partial charge in [-0.3, -0.25) is 4.79 Å². The Kier molecular flexibility index (Phi) is 12.5. The van der Waals surface area contributed by atoms with Crippen molar-refractivity contribution in [1.82, 2.24) is 15.0 Å². The summed E-state index contributed by atoms with van der Waals surface area (Å²) in [6, 6.07) is 36.2. The van der Waals surface area contributed by atoms with Crippen LogP contribution in [0.3, 0.4) is 0 Å². The molecule has 1 fully saturated rings. The van der Waals surface area contributed by atoms with Gasteiger partial charge in [-0.2, -0.15) is 4.72 Å². The maximum absolute atomic E-state index is 13.5. The number of benzene rings is 4. The van der Waals surface area contributed by atoms with Crippen molar-refractivity contribution < 1.29 is 27.8 Å². The number of aryl methyl sites for hydroxylation is 1. The average molecular weight is 738 g/mol. The van der Waals surface area contributed by atoms with E-state index in [-0.39, 0.29) is 42.6 Å². The monoisotopic (exact) mass is 737 g/mol. The molecule has 5 aromatic rings. The number of rotatable bonds is 14. The molecule has 5 atom stereocenters. The lowest BCUT2D eigenvalue weighted by Gasteiger charge is -2.41. The first kappa shape index (κ1) is 37.4. The summed E-state index contributed by atoms with van der Waals surface area (Å²) in [5.41, 5.74) is 5.28. The van der Waals surface area contributed by atoms with Gasteiger partial charge in [0.05, 0.1) is 28.7 Å². The van der Waals surface area contributed by atoms with Gasteiger partial charge in [0.2, 0.25) is 15.9 Å². The minimum absolute atomic E-state index is 0.0278. The van der Waals surface area contributed by atoms with E-state index < -0.39 is 28.3 Å². The van der Waals surface area contributed by atoms with E-state index in [0.29, 0.717) is 5.75 Å². The molecular weight excluding hydrogens is 695 g/mol. The van der Waals surface area contributed by atoms with Crippen molar-refractivity contribution in [3.63, 3.8) is 0 Å². The molecular formula is C41H43N3O6S2. The molecule has 0 saturated carbocycles. The normalized spacial score (nSPS) is 19.5. The molecule has 270 valence electrons. The van der Waals surface area contributed by atoms with Gasteiger partial charge in [-0.1, -0.05) is 110 Å². The molecule has 1 amide bonds. The topological polar surface area (TPSA) is 127 Å². The highest BCUT2D eigenvalue weighted by atomic mass is 32.2. The molecule has 5 unspecified atom stereocenters. The highest BCUT2D eigenvalue weighted by molar-refractivity contribution is 7.99. The molecule has 1 saturated heterocycles. The number of aliphatic hydroxyl groups is 1. The quantitative estimate of drug-likeness (QED) is 0.108. The lowest BCUT2D eigenvalue weighted by molar-refractivity contribution is -0.268. The molecule has 0 aliphatic carbocycles. The second-order valence-electron chi connectivity index (χ2n) is 12.9. The summed E-state index contributed by atoms with van der Waals surface area (Å²) in [6.07, 6.45) is 0.947. The number of nitrogens with zero attached hydrogens (tertiary/aromatic N) is 1. The Balaban J connectivity index is 1.15. The van der Waals surface area contributed by atoms with Crippen LogP contribution in [0.2, 0.25) is 0 Å². The smallest absolute Gasteiger partial charge is 0.241 e. The second-order valence-corrected chi connectivity index (χ2v) is 15.7. The Morgan fingerprint density at radius 1 is 0.827 bits per heavy atom. The van der Waals surface area contributed by atoms with Crippen LogP contribution < -0.4 is 10.0 Å². The van der Waals surface area contributed by atoms with Crippen LogP contribution in [0.1, 0.15) is 52.7 Å². The predicted octanol–water partition coefficient (Wildman–Crippen LogP) is 6.67. The van der Waals surface area contributed by atoms with Crippen LogP contribution in [0.4, 0.5) is 0 Å². The molecule has 3 N–H and O–H groups in total. The minimum Gasteiger partial charge on any atom is -0.392 e. The summed E-state index contributed by atoms with van der Waals surface area (Å²) in [7, 11) is -3.95. The maximum atomic E-state index is 13.5. The third kappa shape index (κ3) is 9.74. The first-order valence-corrected chi connectivity index (χ1v) is 19.7. The first-order valence-electron chi connectivity index (χ1n) is 17.2. The Morgan fingerprint density at radius 3 is 2.17 bits per heavy atom. The Morgan fingerprint density at radius 2 is 1.50 bits per heavy atom. The lowest BCUT2D eigenvalue weighted by Crippen LogP contribution is -2.47. The molecule has 11 heteroatoms. The molecule has 0 bridgehead atoms. The highest BCUT2D eigenvalue weighted by Gasteiger charge is 2.38. The van der Waals surface area contributed by atoms with Crippen molar-refractivity contribution in [3.05, 3.63) is 161 Å². The second kappa shape index (κ2) is 17.4. The summed E-state index contributed by atoms with van der Waals surface area (Å²) >= 11 is 1.64. The number of ether oxygens (including phenoxy) is 2. The zero-order valence-corrected chi connectivity index (χ0v) is 30.7. The van der Waals surface area contributed by atoms with Crippen LogP contribution in [0.5, 0.6) is 0 Å². The molecule has 2 heterocycles. The predicted molar refractivity (Wildman–Crippen MR) is 202 cm³/mol. The molecule has 1 aliphatic rings. The fourth-order valence-corrected chi connectivity index (χ4v) is 8.25. The first-order chi connectivity index (χ1) is 25.2. The number of nitrogens with one attached hydrogen (secondary N) is 2. The van der Waals surface area contributed by atoms with Crippen molar-refractivity contribution in [3.8, 4) is 0 Å². The van der Waals surface area contributed by atoms with E-state index in [4.69, 9.17) is 9.47 Å². The molecule has 1 aromatic heterocycles. The SMILES string of the molecule is Cc1ccc(S(=O)(=O)NC(Cc2ccccc2)C(=O)NCc2ccc(C3OC(CSc4ccccn4)C(C)C(c4ccc(CO)cc4)O3)cc2)cc1. The molecule has 0 radical (unpaired) electrons. The van der Waals surface area contributed by atoms with Gasteiger partial charge in [0.1, 0.15) is 6.04 Å². The Bertz CT molecular complexity index is 2000. The molecule has 0 spiro atoms. The summed E-state index contributed by atoms with van der Waals surface area (Å²) in [6.45, 7) is 4.18. The van der Waals surface area contributed by atoms with Crippen LogP contribution in [-0.4, -0.2) is 42.3 Å². The Hall–Kier alpha value is -4.36. The standard InChI is InChI=1S/C41H43N3O6S2/c1-28-11-21-35(22-12-28)52(47,48)44-36(24-30-8-4-3-5-9-30)40(46)43-25-31-13-19-34(20-14-31)41-49-37(27-51-38-10-6-7-23-42-38)29(2)39(50-41)33-17-15-32(26-45)16-18-33/h3-23,29,36-37,39,41,44-45H,24-27H2,1-2H3,(H,43,46). The van der Waals surface area contributed by atoms with E-state index in [1.54, 1.807) is 30.1 Å². The van der Waals surface area contributed by atoms with E-state index in [2.05, 4.69) is 21.9 Å². The molecule has 9 nitrogen and oxygen atoms in total. The van der Waals surface area contributed by atoms with Crippen LogP contribution in [-0.2, 0) is 43.9 Å². The average Bonchev–Trinajstić information content (AvgIpc) is 3.17. The van der Waals surface area contributed by atoms with Gasteiger partial charge in [-0.05, 0) is 59.9 Å². The van der Waals surface area contributed by atoms with Crippen LogP contribution in [0.25, 0.3) is 0 Å². The van der Waals surface area contributed by atoms with Crippen LogP contribution in [0, 0.1) is 12.8 Å². The van der Waals surface area contributed by atoms with Gasteiger partial charge >= 0.3 is 0 Å². The van der Waals surface area contributed by atoms with Crippen molar-refractivity contribution in [2.45, 2.75) is 67.9 Å². The number of hydrogen-bond donors (Lipinski definition) is 3. The van der Waals surface area contributed by atoms with E-state index in [1.165, 1.54) is 12.1 Å². The van der Waals surface area contributed by atoms with Gasteiger partial charge < -0.3 is 19.9 Å². The molecule has 52 heavy (non-hydrogen) atoms. The Labute approximate surface area is 309 Å². The van der Waals surface area contributed by atoms with E-state index in [1.807, 2.05) is 104 Å². The minimum atomic E-state index is -3.95. The number of sulfonamides is 1. The number of amides is 1. The number of aliphatic hydroxyl groups excluding tert-OH is 1. The van der Waals surface area contributed by atoms with Crippen LogP contribution in [0.15, 0.2) is 137 Å². The van der Waals surface area contributed by atoms with E-state index in [9.17, 15) is 18.3 Å². The van der Waals surface area contributed by atoms with Crippen molar-refractivity contribution in [1.29, 1.82) is 0 Å². The van der Waals surface area contributed by atoms with Crippen LogP contribution >= 0.6 is 11.8 Å². The van der Waals surface area contributed by atoms with E-state index in [0.717, 1.165) is 38.4 Å². The maximum Gasteiger partial charge on any atom is 0.241 e. The van der Waals surface area contributed by atoms with Gasteiger partial charge in [-0.15, -0.1) is 11.8 Å². The molecule has 4 aromatic carbocycles. The van der Waals surface area contributed by atoms with Gasteiger partial charge in [0.15, 0.2) is 6.29 Å². The molecule has 1 aliphatic heterocycles. The number of aromatic nitrogens is 1. The summed E-state index contributed by atoms with van der Waals surface area (Å²) in [5, 5.41) is 13.4. The van der Waals surface area contributed by atoms with Crippen molar-refractivity contribution in [2.24, 2.45) is 5.92 Å². The third-order valence-electron chi connectivity index (χ3n) is 9.10. The number of carbonyl (C=O) groups is 1. The van der Waals surface area contributed by atoms with Crippen molar-refractivity contribution in [2.75, 3.05) is 5.75 Å². The largest absolute Gasteiger partial charge is 0.392 e. The van der Waals surface area contributed by atoms with E-state index >= 15 is 0 Å². The van der Waals surface area contributed by atoms with Gasteiger partial charge in [0, 0.05) is 30.0 Å². The highest BCUT2D eigenvalue weighted by Crippen LogP contribution is 2.43. The third-order valence-corrected chi connectivity index (χ3v) is 11.6. The lowest BCUT2D eigenvalue weighted by atomic mass is 9.91. The van der Waals surface area contributed by atoms with Gasteiger partial charge in [0.25, 0.3) is 0 Å². The zero-order chi connectivity index (χ0) is 36.5. The fourth-order valence-electron chi connectivity index (χ4n) is 6.03. The summed E-state index contributed by atoms with van der Waals surface area (Å²) in [4.78, 5) is 18.1. The number of carbonyl (C=O) groups excluding carboxylic acids is 1. The summed E-state index contributed by atoms with van der Waals surface area (Å²) in [5.74, 6) is 0.291. The summed E-state index contributed by atoms with van der Waals surface area (Å²) < 4.78 is 42.4. The van der Waals surface area contributed by atoms with Gasteiger partial charge in [-0.25, -0.2) is 13.4 Å².